The van der Waals surface area contributed by atoms with E-state index in [9.17, 15) is 0 Å². The summed E-state index contributed by atoms with van der Waals surface area (Å²) in [4.78, 5) is 0. The fourth-order valence-corrected chi connectivity index (χ4v) is 3.01. The number of aromatic nitrogens is 2. The van der Waals surface area contributed by atoms with Gasteiger partial charge in [-0.3, -0.25) is 4.68 Å². The van der Waals surface area contributed by atoms with Gasteiger partial charge in [-0.1, -0.05) is 28.9 Å². The maximum Gasteiger partial charge on any atom is 0.0748 e. The highest BCUT2D eigenvalue weighted by Crippen LogP contribution is 2.26. The molecule has 2 rings (SSSR count). The zero-order chi connectivity index (χ0) is 13.8. The van der Waals surface area contributed by atoms with Crippen molar-refractivity contribution in [1.29, 1.82) is 0 Å². The van der Waals surface area contributed by atoms with Crippen LogP contribution in [-0.4, -0.2) is 16.3 Å². The van der Waals surface area contributed by atoms with Crippen LogP contribution in [0.15, 0.2) is 34.9 Å². The highest BCUT2D eigenvalue weighted by atomic mass is 79.9. The van der Waals surface area contributed by atoms with Crippen molar-refractivity contribution in [3.8, 4) is 0 Å². The third-order valence-electron chi connectivity index (χ3n) is 3.15. The molecule has 1 aromatic heterocycles. The summed E-state index contributed by atoms with van der Waals surface area (Å²) in [5.74, 6) is 0. The van der Waals surface area contributed by atoms with Gasteiger partial charge in [0.05, 0.1) is 11.7 Å². The lowest BCUT2D eigenvalue weighted by atomic mass is 10.0. The number of hydrogen-bond donors (Lipinski definition) is 1. The van der Waals surface area contributed by atoms with Gasteiger partial charge >= 0.3 is 0 Å². The van der Waals surface area contributed by atoms with Crippen molar-refractivity contribution in [2.24, 2.45) is 0 Å². The molecule has 0 fully saturated rings. The Labute approximate surface area is 123 Å². The fourth-order valence-electron chi connectivity index (χ4n) is 2.38. The maximum atomic E-state index is 4.37. The largest absolute Gasteiger partial charge is 0.305 e. The minimum atomic E-state index is 0.184. The van der Waals surface area contributed by atoms with Crippen LogP contribution in [0.1, 0.15) is 36.7 Å². The van der Waals surface area contributed by atoms with Crippen LogP contribution in [0.5, 0.6) is 0 Å². The van der Waals surface area contributed by atoms with Crippen LogP contribution in [-0.2, 0) is 6.54 Å². The van der Waals surface area contributed by atoms with Crippen LogP contribution < -0.4 is 5.32 Å². The highest BCUT2D eigenvalue weighted by molar-refractivity contribution is 9.10. The SMILES string of the molecule is CCNC(c1cc(C)cc(Br)c1)c1ccnn1CC. The van der Waals surface area contributed by atoms with Gasteiger partial charge in [-0.05, 0) is 49.7 Å². The van der Waals surface area contributed by atoms with Crippen molar-refractivity contribution in [2.45, 2.75) is 33.4 Å². The zero-order valence-electron chi connectivity index (χ0n) is 11.7. The summed E-state index contributed by atoms with van der Waals surface area (Å²) in [5, 5.41) is 7.92. The minimum absolute atomic E-state index is 0.184. The summed E-state index contributed by atoms with van der Waals surface area (Å²) < 4.78 is 3.16. The summed E-state index contributed by atoms with van der Waals surface area (Å²) in [6.45, 7) is 8.17. The second-order valence-corrected chi connectivity index (χ2v) is 5.54. The van der Waals surface area contributed by atoms with Crippen molar-refractivity contribution in [1.82, 2.24) is 15.1 Å². The topological polar surface area (TPSA) is 29.9 Å². The Kier molecular flexibility index (Phi) is 4.77. The minimum Gasteiger partial charge on any atom is -0.305 e. The first kappa shape index (κ1) is 14.3. The lowest BCUT2D eigenvalue weighted by Crippen LogP contribution is -2.25. The van der Waals surface area contributed by atoms with E-state index in [1.165, 1.54) is 16.8 Å². The fraction of sp³-hybridized carbons (Fsp3) is 0.400. The first-order chi connectivity index (χ1) is 9.15. The zero-order valence-corrected chi connectivity index (χ0v) is 13.2. The van der Waals surface area contributed by atoms with Gasteiger partial charge < -0.3 is 5.32 Å². The van der Waals surface area contributed by atoms with Crippen LogP contribution in [0.25, 0.3) is 0 Å². The van der Waals surface area contributed by atoms with Crippen molar-refractivity contribution >= 4 is 15.9 Å². The Morgan fingerprint density at radius 3 is 2.74 bits per heavy atom. The molecule has 3 nitrogen and oxygen atoms in total. The van der Waals surface area contributed by atoms with Gasteiger partial charge in [0, 0.05) is 17.2 Å². The van der Waals surface area contributed by atoms with Gasteiger partial charge in [0.25, 0.3) is 0 Å². The van der Waals surface area contributed by atoms with E-state index in [2.05, 4.69) is 71.4 Å². The second kappa shape index (κ2) is 6.35. The molecule has 1 unspecified atom stereocenters. The molecule has 0 aliphatic rings. The molecule has 1 N–H and O–H groups in total. The summed E-state index contributed by atoms with van der Waals surface area (Å²) >= 11 is 3.58. The molecule has 1 heterocycles. The lowest BCUT2D eigenvalue weighted by molar-refractivity contribution is 0.542. The van der Waals surface area contributed by atoms with Crippen molar-refractivity contribution in [2.75, 3.05) is 6.54 Å². The Morgan fingerprint density at radius 1 is 1.32 bits per heavy atom. The van der Waals surface area contributed by atoms with E-state index < -0.39 is 0 Å². The smallest absolute Gasteiger partial charge is 0.0748 e. The molecular weight excluding hydrogens is 302 g/mol. The Morgan fingerprint density at radius 2 is 2.11 bits per heavy atom. The monoisotopic (exact) mass is 321 g/mol. The molecule has 0 radical (unpaired) electrons. The van der Waals surface area contributed by atoms with Crippen molar-refractivity contribution in [3.05, 3.63) is 51.8 Å². The standard InChI is InChI=1S/C15H20BrN3/c1-4-17-15(14-6-7-18-19(14)5-2)12-8-11(3)9-13(16)10-12/h6-10,15,17H,4-5H2,1-3H3. The van der Waals surface area contributed by atoms with E-state index in [0.717, 1.165) is 17.6 Å². The number of hydrogen-bond acceptors (Lipinski definition) is 2. The summed E-state index contributed by atoms with van der Waals surface area (Å²) in [6, 6.07) is 8.80. The predicted octanol–water partition coefficient (Wildman–Crippen LogP) is 3.67. The number of benzene rings is 1. The highest BCUT2D eigenvalue weighted by Gasteiger charge is 2.17. The molecule has 0 saturated carbocycles. The van der Waals surface area contributed by atoms with Gasteiger partial charge in [-0.15, -0.1) is 0 Å². The predicted molar refractivity (Wildman–Crippen MR) is 82.3 cm³/mol. The number of nitrogens with zero attached hydrogens (tertiary/aromatic N) is 2. The number of halogens is 1. The molecule has 1 aromatic carbocycles. The van der Waals surface area contributed by atoms with Crippen molar-refractivity contribution in [3.63, 3.8) is 0 Å². The molecular formula is C15H20BrN3. The molecule has 0 aliphatic heterocycles. The van der Waals surface area contributed by atoms with Gasteiger partial charge in [-0.2, -0.15) is 5.10 Å². The molecule has 19 heavy (non-hydrogen) atoms. The van der Waals surface area contributed by atoms with Crippen LogP contribution in [0.4, 0.5) is 0 Å². The van der Waals surface area contributed by atoms with E-state index in [1.54, 1.807) is 0 Å². The maximum absolute atomic E-state index is 4.37. The average Bonchev–Trinajstić information content (AvgIpc) is 2.82. The number of rotatable bonds is 5. The molecule has 0 bridgehead atoms. The van der Waals surface area contributed by atoms with Crippen LogP contribution >= 0.6 is 15.9 Å². The number of aryl methyl sites for hydroxylation is 2. The first-order valence-corrected chi connectivity index (χ1v) is 7.47. The Balaban J connectivity index is 2.45. The van der Waals surface area contributed by atoms with E-state index >= 15 is 0 Å². The summed E-state index contributed by atoms with van der Waals surface area (Å²) in [7, 11) is 0. The van der Waals surface area contributed by atoms with E-state index in [0.29, 0.717) is 0 Å². The number of nitrogens with one attached hydrogen (secondary N) is 1. The quantitative estimate of drug-likeness (QED) is 0.910. The van der Waals surface area contributed by atoms with Crippen LogP contribution in [0.2, 0.25) is 0 Å². The summed E-state index contributed by atoms with van der Waals surface area (Å²) in [6.07, 6.45) is 1.87. The van der Waals surface area contributed by atoms with Crippen LogP contribution in [0, 0.1) is 6.92 Å². The lowest BCUT2D eigenvalue weighted by Gasteiger charge is -2.20. The Hall–Kier alpha value is -1.13. The molecule has 0 aliphatic carbocycles. The second-order valence-electron chi connectivity index (χ2n) is 4.62. The normalized spacial score (nSPS) is 12.6. The van der Waals surface area contributed by atoms with Gasteiger partial charge in [-0.25, -0.2) is 0 Å². The molecule has 2 aromatic rings. The first-order valence-electron chi connectivity index (χ1n) is 6.67. The molecule has 0 amide bonds. The molecule has 102 valence electrons. The van der Waals surface area contributed by atoms with Crippen LogP contribution in [0.3, 0.4) is 0 Å². The Bertz CT molecular complexity index is 528. The van der Waals surface area contributed by atoms with E-state index in [1.807, 2.05) is 10.9 Å². The average molecular weight is 322 g/mol. The van der Waals surface area contributed by atoms with E-state index in [-0.39, 0.29) is 6.04 Å². The third kappa shape index (κ3) is 3.25. The summed E-state index contributed by atoms with van der Waals surface area (Å²) in [5.41, 5.74) is 3.74. The van der Waals surface area contributed by atoms with Crippen molar-refractivity contribution < 1.29 is 0 Å². The molecule has 1 atom stereocenters. The van der Waals surface area contributed by atoms with Gasteiger partial charge in [0.2, 0.25) is 0 Å². The molecule has 0 saturated heterocycles. The van der Waals surface area contributed by atoms with Gasteiger partial charge in [0.1, 0.15) is 0 Å². The van der Waals surface area contributed by atoms with Gasteiger partial charge in [0.15, 0.2) is 0 Å². The molecule has 4 heteroatoms. The third-order valence-corrected chi connectivity index (χ3v) is 3.61. The molecule has 0 spiro atoms. The van der Waals surface area contributed by atoms with E-state index in [4.69, 9.17) is 0 Å².